The number of nitrogens with one attached hydrogen (secondary N) is 3. The molecular weight excluding hydrogens is 443 g/mol. The van der Waals surface area contributed by atoms with E-state index < -0.39 is 24.3 Å². The monoisotopic (exact) mass is 468 g/mol. The highest BCUT2D eigenvalue weighted by Gasteiger charge is 2.43. The average Bonchev–Trinajstić information content (AvgIpc) is 3.14. The Kier molecular flexibility index (Phi) is 5.57. The molecule has 0 saturated heterocycles. The van der Waals surface area contributed by atoms with E-state index in [1.54, 1.807) is 29.8 Å². The fraction of sp³-hybridized carbons (Fsp3) is 0.500. The van der Waals surface area contributed by atoms with Gasteiger partial charge in [0.25, 0.3) is 0 Å². The van der Waals surface area contributed by atoms with Crippen LogP contribution in [0.5, 0.6) is 0 Å². The highest BCUT2D eigenvalue weighted by Crippen LogP contribution is 2.39. The van der Waals surface area contributed by atoms with E-state index in [0.29, 0.717) is 48.2 Å². The number of nitriles is 1. The van der Waals surface area contributed by atoms with Gasteiger partial charge in [0.1, 0.15) is 29.7 Å². The van der Waals surface area contributed by atoms with Gasteiger partial charge >= 0.3 is 6.09 Å². The van der Waals surface area contributed by atoms with Gasteiger partial charge in [-0.25, -0.2) is 19.2 Å². The Morgan fingerprint density at radius 3 is 2.94 bits per heavy atom. The van der Waals surface area contributed by atoms with Crippen LogP contribution in [0.1, 0.15) is 55.6 Å². The normalized spacial score (nSPS) is 22.9. The molecule has 178 valence electrons. The highest BCUT2D eigenvalue weighted by atomic mass is 19.1. The predicted octanol–water partition coefficient (Wildman–Crippen LogP) is 3.08. The third kappa shape index (κ3) is 4.38. The minimum absolute atomic E-state index is 0.193. The van der Waals surface area contributed by atoms with E-state index >= 15 is 4.39 Å². The standard InChI is InChI=1S/C22H25FN8O3/c1-22(5-6-22)28-21(32)34-16-4-3-14(19(16)23)15-8-17(30-29-15)27-20-26-12(9-24)7-18-25-13(11-33-2)10-31(18)20/h7-8,10,14,16,19H,3-6,11H2,1-2H3,(H,28,32)(H2,26,27,29,30)/t14-,16-,19+/m1/s1. The van der Waals surface area contributed by atoms with Gasteiger partial charge in [0.05, 0.1) is 12.3 Å². The molecule has 5 rings (SSSR count). The smallest absolute Gasteiger partial charge is 0.407 e. The number of amides is 1. The minimum Gasteiger partial charge on any atom is -0.443 e. The van der Waals surface area contributed by atoms with Crippen LogP contribution in [0, 0.1) is 11.3 Å². The second kappa shape index (κ2) is 8.57. The molecule has 1 amide bonds. The molecule has 3 heterocycles. The number of halogens is 1. The lowest BCUT2D eigenvalue weighted by molar-refractivity contribution is 0.0546. The van der Waals surface area contributed by atoms with E-state index in [2.05, 4.69) is 30.8 Å². The van der Waals surface area contributed by atoms with Crippen molar-refractivity contribution in [1.82, 2.24) is 29.9 Å². The number of hydrogen-bond acceptors (Lipinski definition) is 8. The van der Waals surface area contributed by atoms with Crippen molar-refractivity contribution >= 4 is 23.5 Å². The van der Waals surface area contributed by atoms with Crippen molar-refractivity contribution < 1.29 is 18.7 Å². The molecule has 2 fully saturated rings. The Balaban J connectivity index is 1.29. The molecule has 3 aromatic heterocycles. The van der Waals surface area contributed by atoms with Crippen molar-refractivity contribution in [2.24, 2.45) is 0 Å². The van der Waals surface area contributed by atoms with Crippen molar-refractivity contribution in [3.05, 3.63) is 35.4 Å². The molecule has 0 aromatic carbocycles. The first kappa shape index (κ1) is 22.1. The lowest BCUT2D eigenvalue weighted by Crippen LogP contribution is -2.38. The number of fused-ring (bicyclic) bond motifs is 1. The van der Waals surface area contributed by atoms with Crippen molar-refractivity contribution in [3.63, 3.8) is 0 Å². The van der Waals surface area contributed by atoms with E-state index in [9.17, 15) is 10.1 Å². The quantitative estimate of drug-likeness (QED) is 0.480. The Bertz CT molecular complexity index is 1260. The van der Waals surface area contributed by atoms with E-state index in [1.165, 1.54) is 0 Å². The van der Waals surface area contributed by atoms with Crippen LogP contribution in [0.25, 0.3) is 5.65 Å². The summed E-state index contributed by atoms with van der Waals surface area (Å²) < 4.78 is 27.3. The van der Waals surface area contributed by atoms with Gasteiger partial charge in [-0.1, -0.05) is 0 Å². The summed E-state index contributed by atoms with van der Waals surface area (Å²) in [6.07, 6.45) is 1.81. The molecule has 2 saturated carbocycles. The van der Waals surface area contributed by atoms with Gasteiger partial charge in [0.2, 0.25) is 5.95 Å². The van der Waals surface area contributed by atoms with Crippen molar-refractivity contribution in [2.45, 2.75) is 62.9 Å². The van der Waals surface area contributed by atoms with Gasteiger partial charge in [0, 0.05) is 42.6 Å². The summed E-state index contributed by atoms with van der Waals surface area (Å²) in [7, 11) is 1.57. The number of rotatable bonds is 7. The number of nitrogens with zero attached hydrogens (tertiary/aromatic N) is 5. The fourth-order valence-electron chi connectivity index (χ4n) is 4.21. The van der Waals surface area contributed by atoms with Crippen LogP contribution in [0.2, 0.25) is 0 Å². The van der Waals surface area contributed by atoms with E-state index in [4.69, 9.17) is 9.47 Å². The Labute approximate surface area is 194 Å². The molecule has 0 bridgehead atoms. The maximum atomic E-state index is 15.1. The number of ether oxygens (including phenoxy) is 2. The molecule has 0 unspecified atom stereocenters. The van der Waals surface area contributed by atoms with Crippen molar-refractivity contribution in [3.8, 4) is 6.07 Å². The Morgan fingerprint density at radius 1 is 1.38 bits per heavy atom. The number of carbonyl (C=O) groups excluding carboxylic acids is 1. The molecule has 11 nitrogen and oxygen atoms in total. The van der Waals surface area contributed by atoms with Crippen molar-refractivity contribution in [2.75, 3.05) is 12.4 Å². The molecule has 2 aliphatic carbocycles. The molecule has 12 heteroatoms. The maximum Gasteiger partial charge on any atom is 0.407 e. The van der Waals surface area contributed by atoms with Gasteiger partial charge in [-0.05, 0) is 32.6 Å². The summed E-state index contributed by atoms with van der Waals surface area (Å²) in [5.41, 5.74) is 1.79. The Hall–Kier alpha value is -3.72. The first-order valence-electron chi connectivity index (χ1n) is 11.1. The van der Waals surface area contributed by atoms with Crippen LogP contribution in [0.15, 0.2) is 18.3 Å². The second-order valence-corrected chi connectivity index (χ2v) is 9.06. The van der Waals surface area contributed by atoms with Gasteiger partial charge in [0.15, 0.2) is 5.82 Å². The summed E-state index contributed by atoms with van der Waals surface area (Å²) in [6, 6.07) is 5.30. The SMILES string of the molecule is COCc1cn2c(Nc3cc([C@H]4CC[C@@H](OC(=O)NC5(C)CC5)[C@H]4F)[nH]n3)nc(C#N)cc2n1. The molecule has 34 heavy (non-hydrogen) atoms. The maximum absolute atomic E-state index is 15.1. The number of aromatic nitrogens is 5. The molecule has 0 radical (unpaired) electrons. The molecule has 2 aliphatic rings. The lowest BCUT2D eigenvalue weighted by atomic mass is 10.0. The van der Waals surface area contributed by atoms with Crippen LogP contribution >= 0.6 is 0 Å². The number of H-pyrrole nitrogens is 1. The number of alkyl carbamates (subject to hydrolysis) is 1. The summed E-state index contributed by atoms with van der Waals surface area (Å²) in [5, 5.41) is 22.3. The number of aromatic amines is 1. The first-order valence-corrected chi connectivity index (χ1v) is 11.1. The molecule has 0 spiro atoms. The van der Waals surface area contributed by atoms with Crippen LogP contribution < -0.4 is 10.6 Å². The zero-order valence-electron chi connectivity index (χ0n) is 18.8. The summed E-state index contributed by atoms with van der Waals surface area (Å²) in [6.45, 7) is 2.25. The number of anilines is 2. The van der Waals surface area contributed by atoms with Crippen LogP contribution in [-0.4, -0.2) is 55.6 Å². The lowest BCUT2D eigenvalue weighted by Gasteiger charge is -2.19. The fourth-order valence-corrected chi connectivity index (χ4v) is 4.21. The van der Waals surface area contributed by atoms with E-state index in [-0.39, 0.29) is 11.2 Å². The largest absolute Gasteiger partial charge is 0.443 e. The van der Waals surface area contributed by atoms with Gasteiger partial charge in [-0.2, -0.15) is 10.4 Å². The van der Waals surface area contributed by atoms with Crippen LogP contribution in [0.3, 0.4) is 0 Å². The summed E-state index contributed by atoms with van der Waals surface area (Å²) in [5.74, 6) is 0.283. The Morgan fingerprint density at radius 2 is 2.21 bits per heavy atom. The third-order valence-electron chi connectivity index (χ3n) is 6.31. The second-order valence-electron chi connectivity index (χ2n) is 9.06. The number of methoxy groups -OCH3 is 1. The van der Waals surface area contributed by atoms with Gasteiger partial charge in [-0.15, -0.1) is 0 Å². The molecular formula is C22H25FN8O3. The summed E-state index contributed by atoms with van der Waals surface area (Å²) in [4.78, 5) is 20.8. The topological polar surface area (TPSA) is 142 Å². The third-order valence-corrected chi connectivity index (χ3v) is 6.31. The summed E-state index contributed by atoms with van der Waals surface area (Å²) >= 11 is 0. The molecule has 3 N–H and O–H groups in total. The van der Waals surface area contributed by atoms with Gasteiger partial charge in [-0.3, -0.25) is 9.50 Å². The zero-order valence-corrected chi connectivity index (χ0v) is 18.8. The zero-order chi connectivity index (χ0) is 23.9. The van der Waals surface area contributed by atoms with Crippen molar-refractivity contribution in [1.29, 1.82) is 5.26 Å². The van der Waals surface area contributed by atoms with E-state index in [0.717, 1.165) is 12.8 Å². The highest BCUT2D eigenvalue weighted by molar-refractivity contribution is 5.69. The number of hydrogen-bond donors (Lipinski definition) is 3. The number of carbonyl (C=O) groups is 1. The number of imidazole rings is 1. The molecule has 0 aliphatic heterocycles. The van der Waals surface area contributed by atoms with Gasteiger partial charge < -0.3 is 20.1 Å². The minimum atomic E-state index is -1.34. The van der Waals surface area contributed by atoms with Crippen LogP contribution in [-0.2, 0) is 16.1 Å². The molecule has 3 aromatic rings. The predicted molar refractivity (Wildman–Crippen MR) is 118 cm³/mol. The molecule has 3 atom stereocenters. The van der Waals surface area contributed by atoms with E-state index in [1.807, 2.05) is 13.0 Å². The van der Waals surface area contributed by atoms with Crippen LogP contribution in [0.4, 0.5) is 21.0 Å². The first-order chi connectivity index (χ1) is 16.4. The number of alkyl halides is 1. The average molecular weight is 468 g/mol.